The van der Waals surface area contributed by atoms with Crippen molar-refractivity contribution in [3.05, 3.63) is 88.6 Å². The van der Waals surface area contributed by atoms with Crippen LogP contribution in [0, 0.1) is 0 Å². The minimum atomic E-state index is 0.367. The summed E-state index contributed by atoms with van der Waals surface area (Å²) in [5.41, 5.74) is 3.41. The zero-order valence-electron chi connectivity index (χ0n) is 18.7. The van der Waals surface area contributed by atoms with Gasteiger partial charge >= 0.3 is 0 Å². The van der Waals surface area contributed by atoms with E-state index < -0.39 is 0 Å². The van der Waals surface area contributed by atoms with Gasteiger partial charge in [0, 0.05) is 16.0 Å². The maximum absolute atomic E-state index is 6.27. The Bertz CT molecular complexity index is 1280. The zero-order chi connectivity index (χ0) is 23.2. The molecule has 168 valence electrons. The van der Waals surface area contributed by atoms with Gasteiger partial charge in [0.15, 0.2) is 11.5 Å². The van der Waals surface area contributed by atoms with E-state index in [4.69, 9.17) is 35.5 Å². The predicted molar refractivity (Wildman–Crippen MR) is 133 cm³/mol. The van der Waals surface area contributed by atoms with Crippen LogP contribution in [0.5, 0.6) is 23.0 Å². The van der Waals surface area contributed by atoms with Crippen LogP contribution in [-0.2, 0) is 6.61 Å². The second-order valence-electron chi connectivity index (χ2n) is 7.24. The molecular formula is C27H24ClNO4. The van der Waals surface area contributed by atoms with Crippen molar-refractivity contribution >= 4 is 34.7 Å². The van der Waals surface area contributed by atoms with Crippen LogP contribution in [0.1, 0.15) is 16.8 Å². The summed E-state index contributed by atoms with van der Waals surface area (Å²) in [6.07, 6.45) is 3.89. The molecule has 0 bridgehead atoms. The molecule has 0 N–H and O–H groups in total. The zero-order valence-corrected chi connectivity index (χ0v) is 19.4. The van der Waals surface area contributed by atoms with Crippen molar-refractivity contribution in [2.24, 2.45) is 0 Å². The third kappa shape index (κ3) is 5.04. The summed E-state index contributed by atoms with van der Waals surface area (Å²) in [6, 6.07) is 21.3. The fourth-order valence-electron chi connectivity index (χ4n) is 3.49. The van der Waals surface area contributed by atoms with E-state index in [0.717, 1.165) is 27.7 Å². The highest BCUT2D eigenvalue weighted by Crippen LogP contribution is 2.38. The quantitative estimate of drug-likeness (QED) is 0.293. The van der Waals surface area contributed by atoms with E-state index in [1.54, 1.807) is 21.3 Å². The lowest BCUT2D eigenvalue weighted by molar-refractivity contribution is 0.309. The van der Waals surface area contributed by atoms with Crippen LogP contribution < -0.4 is 18.9 Å². The van der Waals surface area contributed by atoms with Crippen molar-refractivity contribution in [2.45, 2.75) is 6.61 Å². The van der Waals surface area contributed by atoms with E-state index in [1.807, 2.05) is 78.9 Å². The van der Waals surface area contributed by atoms with Crippen LogP contribution in [0.25, 0.3) is 23.1 Å². The Morgan fingerprint density at radius 3 is 2.24 bits per heavy atom. The SMILES string of the molecule is COc1cc(/C=C/c2ccc3cccc(OCc4ccccc4Cl)c3n2)cc(OC)c1OC. The number of nitrogens with zero attached hydrogens (tertiary/aromatic N) is 1. The molecule has 0 saturated carbocycles. The van der Waals surface area contributed by atoms with Crippen LogP contribution in [-0.4, -0.2) is 26.3 Å². The van der Waals surface area contributed by atoms with Crippen molar-refractivity contribution in [1.29, 1.82) is 0 Å². The van der Waals surface area contributed by atoms with E-state index in [2.05, 4.69) is 0 Å². The standard InChI is InChI=1S/C27H24ClNO4/c1-30-24-15-18(16-25(31-2)27(24)32-3)11-13-21-14-12-19-8-6-10-23(26(19)29-21)33-17-20-7-4-5-9-22(20)28/h4-16H,17H2,1-3H3/b13-11+. The average molecular weight is 462 g/mol. The van der Waals surface area contributed by atoms with Gasteiger partial charge in [-0.3, -0.25) is 0 Å². The molecule has 4 aromatic rings. The fourth-order valence-corrected chi connectivity index (χ4v) is 3.68. The second kappa shape index (κ2) is 10.3. The summed E-state index contributed by atoms with van der Waals surface area (Å²) in [4.78, 5) is 4.81. The number of hydrogen-bond donors (Lipinski definition) is 0. The number of aromatic nitrogens is 1. The second-order valence-corrected chi connectivity index (χ2v) is 7.64. The number of methoxy groups -OCH3 is 3. The molecule has 0 spiro atoms. The Balaban J connectivity index is 1.62. The van der Waals surface area contributed by atoms with Crippen LogP contribution in [0.3, 0.4) is 0 Å². The number of pyridine rings is 1. The molecule has 4 rings (SSSR count). The number of para-hydroxylation sites is 1. The smallest absolute Gasteiger partial charge is 0.203 e. The first-order valence-corrected chi connectivity index (χ1v) is 10.7. The monoisotopic (exact) mass is 461 g/mol. The summed E-state index contributed by atoms with van der Waals surface area (Å²) in [7, 11) is 4.78. The van der Waals surface area contributed by atoms with Crippen molar-refractivity contribution in [3.63, 3.8) is 0 Å². The lowest BCUT2D eigenvalue weighted by Gasteiger charge is -2.13. The molecule has 5 nitrogen and oxygen atoms in total. The lowest BCUT2D eigenvalue weighted by atomic mass is 10.1. The Morgan fingerprint density at radius 2 is 1.55 bits per heavy atom. The summed E-state index contributed by atoms with van der Waals surface area (Å²) >= 11 is 6.27. The maximum atomic E-state index is 6.27. The molecule has 1 heterocycles. The minimum absolute atomic E-state index is 0.367. The molecule has 0 radical (unpaired) electrons. The molecule has 6 heteroatoms. The molecule has 0 unspecified atom stereocenters. The number of fused-ring (bicyclic) bond motifs is 1. The number of halogens is 1. The van der Waals surface area contributed by atoms with Crippen LogP contribution in [0.4, 0.5) is 0 Å². The van der Waals surface area contributed by atoms with Gasteiger partial charge in [-0.2, -0.15) is 0 Å². The highest BCUT2D eigenvalue weighted by atomic mass is 35.5. The number of rotatable bonds is 8. The summed E-state index contributed by atoms with van der Waals surface area (Å²) in [5, 5.41) is 1.68. The van der Waals surface area contributed by atoms with E-state index >= 15 is 0 Å². The van der Waals surface area contributed by atoms with Crippen LogP contribution >= 0.6 is 11.6 Å². The molecule has 0 amide bonds. The normalized spacial score (nSPS) is 11.0. The molecule has 0 saturated heterocycles. The van der Waals surface area contributed by atoms with Gasteiger partial charge in [-0.1, -0.05) is 54.1 Å². The van der Waals surface area contributed by atoms with Crippen molar-refractivity contribution in [2.75, 3.05) is 21.3 Å². The molecule has 3 aromatic carbocycles. The van der Waals surface area contributed by atoms with Gasteiger partial charge in [0.25, 0.3) is 0 Å². The first kappa shape index (κ1) is 22.5. The molecule has 1 aromatic heterocycles. The van der Waals surface area contributed by atoms with Gasteiger partial charge < -0.3 is 18.9 Å². The van der Waals surface area contributed by atoms with E-state index in [0.29, 0.717) is 34.6 Å². The van der Waals surface area contributed by atoms with E-state index in [-0.39, 0.29) is 0 Å². The fraction of sp³-hybridized carbons (Fsp3) is 0.148. The predicted octanol–water partition coefficient (Wildman–Crippen LogP) is 6.66. The van der Waals surface area contributed by atoms with Gasteiger partial charge in [0.2, 0.25) is 5.75 Å². The van der Waals surface area contributed by atoms with Crippen molar-refractivity contribution in [1.82, 2.24) is 4.98 Å². The maximum Gasteiger partial charge on any atom is 0.203 e. The van der Waals surface area contributed by atoms with Gasteiger partial charge in [-0.25, -0.2) is 4.98 Å². The molecule has 0 atom stereocenters. The Labute approximate surface area is 198 Å². The topological polar surface area (TPSA) is 49.8 Å². The lowest BCUT2D eigenvalue weighted by Crippen LogP contribution is -1.98. The minimum Gasteiger partial charge on any atom is -0.493 e. The third-order valence-corrected chi connectivity index (χ3v) is 5.55. The molecule has 0 fully saturated rings. The largest absolute Gasteiger partial charge is 0.493 e. The average Bonchev–Trinajstić information content (AvgIpc) is 2.86. The molecule has 33 heavy (non-hydrogen) atoms. The van der Waals surface area contributed by atoms with Gasteiger partial charge in [0.1, 0.15) is 17.9 Å². The molecule has 0 aliphatic carbocycles. The first-order valence-electron chi connectivity index (χ1n) is 10.4. The number of ether oxygens (including phenoxy) is 4. The summed E-state index contributed by atoms with van der Waals surface area (Å²) in [6.45, 7) is 0.367. The highest BCUT2D eigenvalue weighted by Gasteiger charge is 2.12. The third-order valence-electron chi connectivity index (χ3n) is 5.18. The first-order chi connectivity index (χ1) is 16.1. The molecule has 0 aliphatic rings. The van der Waals surface area contributed by atoms with Gasteiger partial charge in [0.05, 0.1) is 27.0 Å². The van der Waals surface area contributed by atoms with Crippen LogP contribution in [0.2, 0.25) is 5.02 Å². The Morgan fingerprint density at radius 1 is 0.788 bits per heavy atom. The Kier molecular flexibility index (Phi) is 7.01. The van der Waals surface area contributed by atoms with E-state index in [9.17, 15) is 0 Å². The Hall–Kier alpha value is -3.70. The highest BCUT2D eigenvalue weighted by molar-refractivity contribution is 6.31. The van der Waals surface area contributed by atoms with Crippen molar-refractivity contribution in [3.8, 4) is 23.0 Å². The van der Waals surface area contributed by atoms with E-state index in [1.165, 1.54) is 0 Å². The van der Waals surface area contributed by atoms with Gasteiger partial charge in [-0.05, 0) is 42.0 Å². The summed E-state index contributed by atoms with van der Waals surface area (Å²) < 4.78 is 22.3. The number of hydrogen-bond acceptors (Lipinski definition) is 5. The molecule has 0 aliphatic heterocycles. The van der Waals surface area contributed by atoms with Crippen LogP contribution in [0.15, 0.2) is 66.7 Å². The summed E-state index contributed by atoms with van der Waals surface area (Å²) in [5.74, 6) is 2.45. The van der Waals surface area contributed by atoms with Crippen molar-refractivity contribution < 1.29 is 18.9 Å². The number of benzene rings is 3. The molecular weight excluding hydrogens is 438 g/mol. The van der Waals surface area contributed by atoms with Gasteiger partial charge in [-0.15, -0.1) is 0 Å².